The zero-order valence-electron chi connectivity index (χ0n) is 8.29. The number of nitrogens with one attached hydrogen (secondary N) is 1. The van der Waals surface area contributed by atoms with Gasteiger partial charge in [0.25, 0.3) is 5.91 Å². The van der Waals surface area contributed by atoms with Crippen molar-refractivity contribution in [2.45, 2.75) is 25.8 Å². The van der Waals surface area contributed by atoms with E-state index < -0.39 is 0 Å². The molecule has 0 unspecified atom stereocenters. The number of hydrogen-bond acceptors (Lipinski definition) is 3. The van der Waals surface area contributed by atoms with E-state index in [4.69, 9.17) is 21.3 Å². The van der Waals surface area contributed by atoms with Gasteiger partial charge in [0, 0.05) is 6.04 Å². The Hall–Kier alpha value is -1.47. The third kappa shape index (κ3) is 3.00. The van der Waals surface area contributed by atoms with Gasteiger partial charge in [-0.3, -0.25) is 4.79 Å². The Morgan fingerprint density at radius 2 is 2.53 bits per heavy atom. The summed E-state index contributed by atoms with van der Waals surface area (Å²) in [6.07, 6.45) is 2.34. The third-order valence-electron chi connectivity index (χ3n) is 2.03. The molecule has 1 aromatic rings. The van der Waals surface area contributed by atoms with E-state index in [2.05, 4.69) is 5.32 Å². The molecule has 0 radical (unpaired) electrons. The van der Waals surface area contributed by atoms with Gasteiger partial charge in [0.15, 0.2) is 0 Å². The van der Waals surface area contributed by atoms with E-state index in [1.54, 1.807) is 0 Å². The van der Waals surface area contributed by atoms with Crippen LogP contribution in [0, 0.1) is 11.3 Å². The summed E-state index contributed by atoms with van der Waals surface area (Å²) in [5.74, 6) is -0.309. The van der Waals surface area contributed by atoms with Gasteiger partial charge < -0.3 is 9.73 Å². The molecule has 0 aliphatic rings. The number of carbonyl (C=O) groups is 1. The van der Waals surface area contributed by atoms with Crippen LogP contribution in [0.2, 0.25) is 5.22 Å². The van der Waals surface area contributed by atoms with Gasteiger partial charge in [-0.1, -0.05) is 6.92 Å². The zero-order valence-corrected chi connectivity index (χ0v) is 9.04. The number of furan rings is 1. The molecule has 0 spiro atoms. The SMILES string of the molecule is CC[C@@H](CC#N)NC(=O)c1ccoc1Cl. The van der Waals surface area contributed by atoms with Crippen molar-refractivity contribution in [3.8, 4) is 6.07 Å². The van der Waals surface area contributed by atoms with E-state index in [0.717, 1.165) is 0 Å². The van der Waals surface area contributed by atoms with Crippen LogP contribution in [0.3, 0.4) is 0 Å². The van der Waals surface area contributed by atoms with E-state index in [1.807, 2.05) is 13.0 Å². The average molecular weight is 227 g/mol. The Kier molecular flexibility index (Phi) is 4.19. The van der Waals surface area contributed by atoms with E-state index >= 15 is 0 Å². The van der Waals surface area contributed by atoms with Crippen molar-refractivity contribution in [1.82, 2.24) is 5.32 Å². The van der Waals surface area contributed by atoms with Crippen molar-refractivity contribution >= 4 is 17.5 Å². The molecule has 1 N–H and O–H groups in total. The number of carbonyl (C=O) groups excluding carboxylic acids is 1. The van der Waals surface area contributed by atoms with Crippen LogP contribution in [0.4, 0.5) is 0 Å². The Morgan fingerprint density at radius 3 is 3.00 bits per heavy atom. The molecule has 15 heavy (non-hydrogen) atoms. The van der Waals surface area contributed by atoms with Crippen LogP contribution in [-0.4, -0.2) is 11.9 Å². The summed E-state index contributed by atoms with van der Waals surface area (Å²) < 4.78 is 4.80. The Balaban J connectivity index is 2.63. The molecule has 0 saturated heterocycles. The molecule has 1 amide bonds. The summed E-state index contributed by atoms with van der Waals surface area (Å²) in [4.78, 5) is 11.6. The lowest BCUT2D eigenvalue weighted by atomic mass is 10.1. The molecular formula is C10H11ClN2O2. The molecule has 1 heterocycles. The lowest BCUT2D eigenvalue weighted by Crippen LogP contribution is -2.33. The van der Waals surface area contributed by atoms with Gasteiger partial charge in [-0.05, 0) is 24.1 Å². The van der Waals surface area contributed by atoms with E-state index in [9.17, 15) is 4.79 Å². The number of nitriles is 1. The van der Waals surface area contributed by atoms with Crippen LogP contribution in [0.25, 0.3) is 0 Å². The van der Waals surface area contributed by atoms with Crippen molar-refractivity contribution in [2.24, 2.45) is 0 Å². The highest BCUT2D eigenvalue weighted by atomic mass is 35.5. The summed E-state index contributed by atoms with van der Waals surface area (Å²) in [5.41, 5.74) is 0.299. The quantitative estimate of drug-likeness (QED) is 0.857. The van der Waals surface area contributed by atoms with Gasteiger partial charge in [-0.25, -0.2) is 0 Å². The van der Waals surface area contributed by atoms with Gasteiger partial charge in [0.05, 0.1) is 24.3 Å². The number of hydrogen-bond donors (Lipinski definition) is 1. The summed E-state index contributed by atoms with van der Waals surface area (Å²) in [6, 6.07) is 3.36. The number of rotatable bonds is 4. The topological polar surface area (TPSA) is 66.0 Å². The van der Waals surface area contributed by atoms with Crippen LogP contribution in [0.5, 0.6) is 0 Å². The highest BCUT2D eigenvalue weighted by molar-refractivity contribution is 6.32. The molecule has 0 bridgehead atoms. The largest absolute Gasteiger partial charge is 0.452 e. The maximum absolute atomic E-state index is 11.6. The minimum absolute atomic E-state index is 0.0688. The van der Waals surface area contributed by atoms with Crippen LogP contribution < -0.4 is 5.32 Å². The smallest absolute Gasteiger partial charge is 0.256 e. The first-order valence-corrected chi connectivity index (χ1v) is 4.97. The van der Waals surface area contributed by atoms with Crippen LogP contribution >= 0.6 is 11.6 Å². The van der Waals surface area contributed by atoms with Crippen LogP contribution in [0.1, 0.15) is 30.1 Å². The predicted molar refractivity (Wildman–Crippen MR) is 55.5 cm³/mol. The van der Waals surface area contributed by atoms with E-state index in [0.29, 0.717) is 12.0 Å². The monoisotopic (exact) mass is 226 g/mol. The van der Waals surface area contributed by atoms with Crippen molar-refractivity contribution in [3.63, 3.8) is 0 Å². The minimum Gasteiger partial charge on any atom is -0.452 e. The Bertz CT molecular complexity index is 381. The van der Waals surface area contributed by atoms with Crippen molar-refractivity contribution in [2.75, 3.05) is 0 Å². The Morgan fingerprint density at radius 1 is 1.80 bits per heavy atom. The van der Waals surface area contributed by atoms with Crippen LogP contribution in [-0.2, 0) is 0 Å². The van der Waals surface area contributed by atoms with Crippen molar-refractivity contribution in [3.05, 3.63) is 23.1 Å². The van der Waals surface area contributed by atoms with Gasteiger partial charge in [0.1, 0.15) is 0 Å². The highest BCUT2D eigenvalue weighted by Crippen LogP contribution is 2.16. The third-order valence-corrected chi connectivity index (χ3v) is 2.32. The fourth-order valence-corrected chi connectivity index (χ4v) is 1.33. The first kappa shape index (κ1) is 11.6. The molecule has 0 fully saturated rings. The second-order valence-electron chi connectivity index (χ2n) is 3.05. The molecule has 4 nitrogen and oxygen atoms in total. The lowest BCUT2D eigenvalue weighted by molar-refractivity contribution is 0.0936. The average Bonchev–Trinajstić information content (AvgIpc) is 2.63. The Labute approximate surface area is 92.8 Å². The molecule has 0 aromatic carbocycles. The van der Waals surface area contributed by atoms with E-state index in [1.165, 1.54) is 12.3 Å². The highest BCUT2D eigenvalue weighted by Gasteiger charge is 2.16. The molecule has 5 heteroatoms. The first-order valence-electron chi connectivity index (χ1n) is 4.59. The van der Waals surface area contributed by atoms with Gasteiger partial charge in [-0.2, -0.15) is 5.26 Å². The number of nitrogens with zero attached hydrogens (tertiary/aromatic N) is 1. The molecular weight excluding hydrogens is 216 g/mol. The van der Waals surface area contributed by atoms with Crippen LogP contribution in [0.15, 0.2) is 16.7 Å². The fourth-order valence-electron chi connectivity index (χ4n) is 1.13. The number of amides is 1. The molecule has 0 aliphatic heterocycles. The van der Waals surface area contributed by atoms with Gasteiger partial charge in [-0.15, -0.1) is 0 Å². The second kappa shape index (κ2) is 5.42. The molecule has 1 aromatic heterocycles. The normalized spacial score (nSPS) is 11.8. The van der Waals surface area contributed by atoms with Crippen molar-refractivity contribution < 1.29 is 9.21 Å². The maximum atomic E-state index is 11.6. The maximum Gasteiger partial charge on any atom is 0.256 e. The molecule has 0 aliphatic carbocycles. The minimum atomic E-state index is -0.309. The molecule has 1 atom stereocenters. The van der Waals surface area contributed by atoms with Crippen molar-refractivity contribution in [1.29, 1.82) is 5.26 Å². The first-order chi connectivity index (χ1) is 7.19. The molecule has 1 rings (SSSR count). The summed E-state index contributed by atoms with van der Waals surface area (Å²) in [6.45, 7) is 1.90. The summed E-state index contributed by atoms with van der Waals surface area (Å²) in [5, 5.41) is 11.3. The van der Waals surface area contributed by atoms with E-state index in [-0.39, 0.29) is 23.6 Å². The summed E-state index contributed by atoms with van der Waals surface area (Å²) in [7, 11) is 0. The second-order valence-corrected chi connectivity index (χ2v) is 3.39. The van der Waals surface area contributed by atoms with Gasteiger partial charge in [0.2, 0.25) is 5.22 Å². The molecule has 80 valence electrons. The number of halogens is 1. The molecule has 0 saturated carbocycles. The predicted octanol–water partition coefficient (Wildman–Crippen LogP) is 2.36. The van der Waals surface area contributed by atoms with Gasteiger partial charge >= 0.3 is 0 Å². The standard InChI is InChI=1S/C10H11ClN2O2/c1-2-7(3-5-12)13-10(14)8-4-6-15-9(8)11/h4,6-7H,2-3H2,1H3,(H,13,14)/t7-/m0/s1. The fraction of sp³-hybridized carbons (Fsp3) is 0.400. The lowest BCUT2D eigenvalue weighted by Gasteiger charge is -2.12. The summed E-state index contributed by atoms with van der Waals surface area (Å²) >= 11 is 5.65. The zero-order chi connectivity index (χ0) is 11.3.